The van der Waals surface area contributed by atoms with Gasteiger partial charge in [-0.15, -0.1) is 11.8 Å². The van der Waals surface area contributed by atoms with Crippen molar-refractivity contribution < 1.29 is 5.11 Å². The number of aliphatic hydroxyl groups is 1. The second kappa shape index (κ2) is 13.1. The van der Waals surface area contributed by atoms with Crippen LogP contribution in [0.4, 0.5) is 5.69 Å². The molecule has 0 aromatic heterocycles. The second-order valence-corrected chi connectivity index (χ2v) is 11.4. The van der Waals surface area contributed by atoms with Crippen LogP contribution >= 0.6 is 11.8 Å². The number of anilines is 1. The van der Waals surface area contributed by atoms with Gasteiger partial charge < -0.3 is 21.1 Å². The molecule has 34 heavy (non-hydrogen) atoms. The highest BCUT2D eigenvalue weighted by molar-refractivity contribution is 7.98. The van der Waals surface area contributed by atoms with Gasteiger partial charge in [-0.05, 0) is 88.0 Å². The van der Waals surface area contributed by atoms with Crippen molar-refractivity contribution in [3.8, 4) is 0 Å². The summed E-state index contributed by atoms with van der Waals surface area (Å²) in [4.78, 5) is 11.3. The minimum Gasteiger partial charge on any atom is -0.395 e. The lowest BCUT2D eigenvalue weighted by molar-refractivity contribution is 0.146. The van der Waals surface area contributed by atoms with Crippen molar-refractivity contribution in [2.45, 2.75) is 74.8 Å². The third-order valence-corrected chi connectivity index (χ3v) is 8.92. The number of benzene rings is 1. The number of nitrogens with two attached hydrogens (primary N) is 1. The molecule has 0 unspecified atom stereocenters. The van der Waals surface area contributed by atoms with Crippen LogP contribution in [0.15, 0.2) is 34.2 Å². The van der Waals surface area contributed by atoms with Crippen LogP contribution in [0.5, 0.6) is 0 Å². The van der Waals surface area contributed by atoms with Gasteiger partial charge in [0.05, 0.1) is 18.3 Å². The molecule has 2 saturated carbocycles. The first-order valence-electron chi connectivity index (χ1n) is 13.5. The zero-order valence-electron chi connectivity index (χ0n) is 21.0. The van der Waals surface area contributed by atoms with Crippen molar-refractivity contribution >= 4 is 23.4 Å². The third kappa shape index (κ3) is 7.36. The fourth-order valence-electron chi connectivity index (χ4n) is 5.96. The molecule has 1 heterocycles. The van der Waals surface area contributed by atoms with Gasteiger partial charge >= 0.3 is 0 Å². The molecule has 4 rings (SSSR count). The molecule has 2 aliphatic carbocycles. The summed E-state index contributed by atoms with van der Waals surface area (Å²) in [5, 5.41) is 13.0. The molecule has 0 radical (unpaired) electrons. The Morgan fingerprint density at radius 3 is 2.29 bits per heavy atom. The Bertz CT molecular complexity index is 766. The van der Waals surface area contributed by atoms with Gasteiger partial charge in [0, 0.05) is 43.7 Å². The Balaban J connectivity index is 1.38. The second-order valence-electron chi connectivity index (χ2n) is 10.5. The largest absolute Gasteiger partial charge is 0.395 e. The molecule has 0 atom stereocenters. The molecule has 0 bridgehead atoms. The Hall–Kier alpha value is -1.28. The highest BCUT2D eigenvalue weighted by Gasteiger charge is 2.27. The normalized spacial score (nSPS) is 29.3. The van der Waals surface area contributed by atoms with Crippen LogP contribution < -0.4 is 11.1 Å². The van der Waals surface area contributed by atoms with Crippen LogP contribution in [0.1, 0.15) is 57.8 Å². The number of thioether (sulfide) groups is 1. The van der Waals surface area contributed by atoms with Crippen LogP contribution in [0.25, 0.3) is 0 Å². The van der Waals surface area contributed by atoms with Gasteiger partial charge in [-0.25, -0.2) is 4.99 Å². The fourth-order valence-corrected chi connectivity index (χ4v) is 6.52. The molecule has 0 spiro atoms. The molecule has 3 aliphatic rings. The van der Waals surface area contributed by atoms with E-state index in [1.807, 2.05) is 0 Å². The van der Waals surface area contributed by atoms with E-state index in [-0.39, 0.29) is 6.61 Å². The fraction of sp³-hybridized carbons (Fsp3) is 0.741. The van der Waals surface area contributed by atoms with Crippen molar-refractivity contribution in [1.29, 1.82) is 0 Å². The molecular weight excluding hydrogens is 442 g/mol. The molecular formula is C27H45N5OS. The summed E-state index contributed by atoms with van der Waals surface area (Å²) in [6, 6.07) is 9.40. The predicted octanol–water partition coefficient (Wildman–Crippen LogP) is 4.25. The van der Waals surface area contributed by atoms with Crippen LogP contribution in [-0.2, 0) is 0 Å². The first-order valence-corrected chi connectivity index (χ1v) is 14.7. The van der Waals surface area contributed by atoms with E-state index in [0.29, 0.717) is 12.1 Å². The summed E-state index contributed by atoms with van der Waals surface area (Å²) < 4.78 is 0. The number of piperazine rings is 1. The maximum atomic E-state index is 9.30. The molecule has 1 saturated heterocycles. The zero-order chi connectivity index (χ0) is 23.8. The topological polar surface area (TPSA) is 77.1 Å². The van der Waals surface area contributed by atoms with Gasteiger partial charge in [0.25, 0.3) is 0 Å². The van der Waals surface area contributed by atoms with Gasteiger partial charge in [-0.1, -0.05) is 12.1 Å². The monoisotopic (exact) mass is 487 g/mol. The number of β-amino-alcohol motifs (C(OH)–C–C–N with tert-alkyl or cyclic N) is 1. The van der Waals surface area contributed by atoms with Crippen molar-refractivity contribution in [3.63, 3.8) is 0 Å². The van der Waals surface area contributed by atoms with Gasteiger partial charge in [0.1, 0.15) is 0 Å². The van der Waals surface area contributed by atoms with E-state index in [1.165, 1.54) is 62.7 Å². The smallest absolute Gasteiger partial charge is 0.198 e. The maximum absolute atomic E-state index is 9.30. The summed E-state index contributed by atoms with van der Waals surface area (Å²) >= 11 is 1.77. The standard InChI is InChI=1S/C27H45N5OS/c1-34-26-5-3-2-4-25(26)30-27(32-16-14-31(15-17-32)18-19-33)29-24-12-8-22(9-13-24)20-21-6-10-23(28)11-7-21/h2-5,21-24,33H,6-20,28H2,1H3,(H,29,30). The Kier molecular flexibility index (Phi) is 9.98. The van der Waals surface area contributed by atoms with Gasteiger partial charge in [-0.2, -0.15) is 0 Å². The SMILES string of the molecule is CSc1ccccc1NC(=NC1CCC(CC2CCC(N)CC2)CC1)N1CCN(CCO)CC1. The molecule has 4 N–H and O–H groups in total. The van der Waals surface area contributed by atoms with Crippen LogP contribution in [0.3, 0.4) is 0 Å². The molecule has 6 nitrogen and oxygen atoms in total. The van der Waals surface area contributed by atoms with Crippen molar-refractivity contribution in [2.24, 2.45) is 22.6 Å². The molecule has 0 amide bonds. The average molecular weight is 488 g/mol. The molecule has 1 aromatic carbocycles. The number of para-hydroxylation sites is 1. The van der Waals surface area contributed by atoms with Crippen molar-refractivity contribution in [3.05, 3.63) is 24.3 Å². The lowest BCUT2D eigenvalue weighted by atomic mass is 9.76. The Morgan fingerprint density at radius 1 is 1.00 bits per heavy atom. The number of hydrogen-bond acceptors (Lipinski definition) is 5. The minimum atomic E-state index is 0.233. The minimum absolute atomic E-state index is 0.233. The highest BCUT2D eigenvalue weighted by atomic mass is 32.2. The number of aliphatic imine (C=N–C) groups is 1. The van der Waals surface area contributed by atoms with E-state index < -0.39 is 0 Å². The van der Waals surface area contributed by atoms with E-state index in [4.69, 9.17) is 10.7 Å². The van der Waals surface area contributed by atoms with Crippen molar-refractivity contribution in [2.75, 3.05) is 50.9 Å². The lowest BCUT2D eigenvalue weighted by Crippen LogP contribution is -2.51. The maximum Gasteiger partial charge on any atom is 0.198 e. The molecule has 190 valence electrons. The number of guanidine groups is 1. The number of hydrogen-bond donors (Lipinski definition) is 3. The first kappa shape index (κ1) is 25.8. The van der Waals surface area contributed by atoms with Crippen LogP contribution in [-0.4, -0.2) is 78.5 Å². The van der Waals surface area contributed by atoms with E-state index in [1.54, 1.807) is 11.8 Å². The third-order valence-electron chi connectivity index (χ3n) is 8.12. The van der Waals surface area contributed by atoms with Crippen LogP contribution in [0, 0.1) is 11.8 Å². The zero-order valence-corrected chi connectivity index (χ0v) is 21.8. The summed E-state index contributed by atoms with van der Waals surface area (Å²) in [5.41, 5.74) is 7.26. The average Bonchev–Trinajstić information content (AvgIpc) is 2.87. The number of nitrogens with one attached hydrogen (secondary N) is 1. The first-order chi connectivity index (χ1) is 16.6. The van der Waals surface area contributed by atoms with Crippen molar-refractivity contribution in [1.82, 2.24) is 9.80 Å². The highest BCUT2D eigenvalue weighted by Crippen LogP contribution is 2.36. The van der Waals surface area contributed by atoms with Gasteiger partial charge in [0.15, 0.2) is 5.96 Å². The van der Waals surface area contributed by atoms with Gasteiger partial charge in [0.2, 0.25) is 0 Å². The Labute approximate surface area is 210 Å². The van der Waals surface area contributed by atoms with Gasteiger partial charge in [-0.3, -0.25) is 4.90 Å². The summed E-state index contributed by atoms with van der Waals surface area (Å²) in [6.45, 7) is 4.85. The quantitative estimate of drug-likeness (QED) is 0.303. The molecule has 1 aromatic rings. The number of rotatable bonds is 7. The van der Waals surface area contributed by atoms with E-state index in [0.717, 1.165) is 56.2 Å². The number of nitrogens with zero attached hydrogens (tertiary/aromatic N) is 3. The predicted molar refractivity (Wildman–Crippen MR) is 145 cm³/mol. The molecule has 1 aliphatic heterocycles. The lowest BCUT2D eigenvalue weighted by Gasteiger charge is -2.37. The van der Waals surface area contributed by atoms with E-state index in [2.05, 4.69) is 45.6 Å². The Morgan fingerprint density at radius 2 is 1.65 bits per heavy atom. The molecule has 7 heteroatoms. The summed E-state index contributed by atoms with van der Waals surface area (Å²) in [7, 11) is 0. The van der Waals surface area contributed by atoms with Crippen LogP contribution in [0.2, 0.25) is 0 Å². The number of aliphatic hydroxyl groups excluding tert-OH is 1. The van der Waals surface area contributed by atoms with E-state index >= 15 is 0 Å². The summed E-state index contributed by atoms with van der Waals surface area (Å²) in [6.07, 6.45) is 13.7. The van der Waals surface area contributed by atoms with E-state index in [9.17, 15) is 5.11 Å². The molecule has 3 fully saturated rings. The summed E-state index contributed by atoms with van der Waals surface area (Å²) in [5.74, 6) is 2.82.